The van der Waals surface area contributed by atoms with Gasteiger partial charge in [-0.1, -0.05) is 25.0 Å². The highest BCUT2D eigenvalue weighted by Crippen LogP contribution is 2.23. The van der Waals surface area contributed by atoms with Crippen LogP contribution in [0, 0.1) is 5.92 Å². The third-order valence-corrected chi connectivity index (χ3v) is 6.21. The number of hydrogen-bond acceptors (Lipinski definition) is 6. The highest BCUT2D eigenvalue weighted by molar-refractivity contribution is 6.23. The molecule has 4 amide bonds. The summed E-state index contributed by atoms with van der Waals surface area (Å²) in [5.74, 6) is -1.49. The van der Waals surface area contributed by atoms with Gasteiger partial charge in [0.05, 0.1) is 24.3 Å². The summed E-state index contributed by atoms with van der Waals surface area (Å²) >= 11 is 0. The molecular formula is C24H34N4O5. The Bertz CT molecular complexity index is 842. The van der Waals surface area contributed by atoms with Crippen LogP contribution >= 0.6 is 0 Å². The molecule has 33 heavy (non-hydrogen) atoms. The SMILES string of the molecule is COC(=O)C1=CC2=NC(=O)N(CCCCCC(=O)NCCCN3CCCCC3)C(=O)C2C=C1. The number of hydrogen-bond donors (Lipinski definition) is 1. The van der Waals surface area contributed by atoms with E-state index < -0.39 is 17.9 Å². The number of carbonyl (C=O) groups is 4. The molecule has 3 rings (SSSR count). The number of allylic oxidation sites excluding steroid dienone is 1. The van der Waals surface area contributed by atoms with Gasteiger partial charge < -0.3 is 15.0 Å². The highest BCUT2D eigenvalue weighted by atomic mass is 16.5. The summed E-state index contributed by atoms with van der Waals surface area (Å²) in [4.78, 5) is 56.3. The van der Waals surface area contributed by atoms with Crippen molar-refractivity contribution in [1.29, 1.82) is 0 Å². The van der Waals surface area contributed by atoms with Crippen LogP contribution in [-0.4, -0.2) is 79.2 Å². The van der Waals surface area contributed by atoms with Gasteiger partial charge in [0.2, 0.25) is 11.8 Å². The number of imide groups is 1. The Balaban J connectivity index is 1.32. The van der Waals surface area contributed by atoms with Crippen LogP contribution in [0.1, 0.15) is 51.4 Å². The average molecular weight is 459 g/mol. The Labute approximate surface area is 194 Å². The maximum Gasteiger partial charge on any atom is 0.350 e. The van der Waals surface area contributed by atoms with Gasteiger partial charge in [-0.3, -0.25) is 14.5 Å². The third-order valence-electron chi connectivity index (χ3n) is 6.21. The summed E-state index contributed by atoms with van der Waals surface area (Å²) in [6.45, 7) is 4.35. The molecule has 9 heteroatoms. The van der Waals surface area contributed by atoms with E-state index in [1.807, 2.05) is 0 Å². The van der Waals surface area contributed by atoms with Crippen LogP contribution in [0.5, 0.6) is 0 Å². The number of likely N-dealkylation sites (tertiary alicyclic amines) is 1. The number of rotatable bonds is 11. The van der Waals surface area contributed by atoms with E-state index in [0.717, 1.165) is 24.3 Å². The number of unbranched alkanes of at least 4 members (excludes halogenated alkanes) is 2. The maximum atomic E-state index is 12.7. The molecule has 1 saturated heterocycles. The smallest absolute Gasteiger partial charge is 0.350 e. The minimum Gasteiger partial charge on any atom is -0.465 e. The van der Waals surface area contributed by atoms with E-state index in [1.165, 1.54) is 51.6 Å². The van der Waals surface area contributed by atoms with Gasteiger partial charge in [-0.25, -0.2) is 9.59 Å². The Kier molecular flexibility index (Phi) is 9.35. The van der Waals surface area contributed by atoms with Crippen molar-refractivity contribution < 1.29 is 23.9 Å². The zero-order chi connectivity index (χ0) is 23.6. The second-order valence-corrected chi connectivity index (χ2v) is 8.65. The topological polar surface area (TPSA) is 108 Å². The number of urea groups is 1. The first-order valence-electron chi connectivity index (χ1n) is 11.9. The summed E-state index contributed by atoms with van der Waals surface area (Å²) in [7, 11) is 1.27. The van der Waals surface area contributed by atoms with Crippen molar-refractivity contribution in [3.05, 3.63) is 23.8 Å². The van der Waals surface area contributed by atoms with Gasteiger partial charge in [-0.2, -0.15) is 4.99 Å². The number of esters is 1. The third kappa shape index (κ3) is 7.08. The van der Waals surface area contributed by atoms with Crippen LogP contribution in [0.25, 0.3) is 0 Å². The fourth-order valence-electron chi connectivity index (χ4n) is 4.32. The lowest BCUT2D eigenvalue weighted by Crippen LogP contribution is -2.46. The van der Waals surface area contributed by atoms with E-state index in [4.69, 9.17) is 0 Å². The first-order chi connectivity index (χ1) is 16.0. The molecule has 0 aromatic carbocycles. The first kappa shape index (κ1) is 24.8. The number of methoxy groups -OCH3 is 1. The summed E-state index contributed by atoms with van der Waals surface area (Å²) in [6.07, 6.45) is 11.9. The molecular weight excluding hydrogens is 424 g/mol. The largest absolute Gasteiger partial charge is 0.465 e. The summed E-state index contributed by atoms with van der Waals surface area (Å²) < 4.78 is 4.67. The summed E-state index contributed by atoms with van der Waals surface area (Å²) in [5.41, 5.74) is 0.521. The molecule has 0 aromatic rings. The van der Waals surface area contributed by atoms with Gasteiger partial charge in [-0.05, 0) is 57.8 Å². The Morgan fingerprint density at radius 3 is 2.64 bits per heavy atom. The molecule has 0 spiro atoms. The van der Waals surface area contributed by atoms with Gasteiger partial charge in [0.25, 0.3) is 0 Å². The molecule has 180 valence electrons. The molecule has 1 aliphatic carbocycles. The molecule has 1 fully saturated rings. The molecule has 0 bridgehead atoms. The molecule has 2 aliphatic heterocycles. The van der Waals surface area contributed by atoms with E-state index in [1.54, 1.807) is 6.08 Å². The van der Waals surface area contributed by atoms with Crippen molar-refractivity contribution in [3.8, 4) is 0 Å². The molecule has 3 aliphatic rings. The predicted octanol–water partition coefficient (Wildman–Crippen LogP) is 2.23. The predicted molar refractivity (Wildman–Crippen MR) is 124 cm³/mol. The van der Waals surface area contributed by atoms with Gasteiger partial charge in [0.1, 0.15) is 0 Å². The fraction of sp³-hybridized carbons (Fsp3) is 0.625. The minimum absolute atomic E-state index is 0.0496. The summed E-state index contributed by atoms with van der Waals surface area (Å²) in [5, 5.41) is 2.98. The number of carbonyl (C=O) groups excluding carboxylic acids is 4. The lowest BCUT2D eigenvalue weighted by atomic mass is 9.92. The van der Waals surface area contributed by atoms with Crippen molar-refractivity contribution in [2.24, 2.45) is 10.9 Å². The van der Waals surface area contributed by atoms with Gasteiger partial charge >= 0.3 is 12.0 Å². The van der Waals surface area contributed by atoms with E-state index in [9.17, 15) is 19.2 Å². The van der Waals surface area contributed by atoms with Crippen LogP contribution in [0.3, 0.4) is 0 Å². The second-order valence-electron chi connectivity index (χ2n) is 8.65. The van der Waals surface area contributed by atoms with E-state index in [0.29, 0.717) is 25.8 Å². The second kappa shape index (κ2) is 12.4. The van der Waals surface area contributed by atoms with Crippen molar-refractivity contribution >= 4 is 29.5 Å². The van der Waals surface area contributed by atoms with Gasteiger partial charge in [0.15, 0.2) is 0 Å². The lowest BCUT2D eigenvalue weighted by Gasteiger charge is -2.28. The maximum absolute atomic E-state index is 12.7. The molecule has 1 atom stereocenters. The van der Waals surface area contributed by atoms with Crippen LogP contribution in [0.15, 0.2) is 28.8 Å². The zero-order valence-electron chi connectivity index (χ0n) is 19.4. The first-order valence-corrected chi connectivity index (χ1v) is 11.9. The monoisotopic (exact) mass is 458 g/mol. The lowest BCUT2D eigenvalue weighted by molar-refractivity contribution is -0.136. The average Bonchev–Trinajstić information content (AvgIpc) is 2.83. The van der Waals surface area contributed by atoms with Crippen molar-refractivity contribution in [3.63, 3.8) is 0 Å². The number of aliphatic imine (C=N–C) groups is 1. The number of fused-ring (bicyclic) bond motifs is 1. The van der Waals surface area contributed by atoms with Crippen molar-refractivity contribution in [1.82, 2.24) is 15.1 Å². The van der Waals surface area contributed by atoms with Crippen LogP contribution in [0.4, 0.5) is 4.79 Å². The van der Waals surface area contributed by atoms with Crippen LogP contribution in [-0.2, 0) is 19.1 Å². The van der Waals surface area contributed by atoms with E-state index in [2.05, 4.69) is 19.9 Å². The minimum atomic E-state index is -0.660. The molecule has 1 N–H and O–H groups in total. The number of nitrogens with zero attached hydrogens (tertiary/aromatic N) is 3. The number of ether oxygens (including phenoxy) is 1. The van der Waals surface area contributed by atoms with Crippen molar-refractivity contribution in [2.75, 3.05) is 39.8 Å². The van der Waals surface area contributed by atoms with E-state index in [-0.39, 0.29) is 29.6 Å². The fourth-order valence-corrected chi connectivity index (χ4v) is 4.32. The molecule has 0 radical (unpaired) electrons. The molecule has 0 saturated carbocycles. The number of amides is 4. The highest BCUT2D eigenvalue weighted by Gasteiger charge is 2.36. The van der Waals surface area contributed by atoms with Crippen molar-refractivity contribution in [2.45, 2.75) is 51.4 Å². The zero-order valence-corrected chi connectivity index (χ0v) is 19.4. The van der Waals surface area contributed by atoms with Gasteiger partial charge in [0, 0.05) is 19.5 Å². The Morgan fingerprint density at radius 1 is 1.09 bits per heavy atom. The molecule has 9 nitrogen and oxygen atoms in total. The summed E-state index contributed by atoms with van der Waals surface area (Å²) in [6, 6.07) is -0.617. The normalized spacial score (nSPS) is 20.8. The number of piperidine rings is 1. The van der Waals surface area contributed by atoms with Gasteiger partial charge in [-0.15, -0.1) is 0 Å². The Morgan fingerprint density at radius 2 is 1.88 bits per heavy atom. The quantitative estimate of drug-likeness (QED) is 0.376. The van der Waals surface area contributed by atoms with Crippen LogP contribution < -0.4 is 5.32 Å². The molecule has 0 aromatic heterocycles. The molecule has 2 heterocycles. The Hall–Kier alpha value is -2.81. The van der Waals surface area contributed by atoms with Crippen LogP contribution in [0.2, 0.25) is 0 Å². The van der Waals surface area contributed by atoms with E-state index >= 15 is 0 Å². The standard InChI is InChI=1S/C24H34N4O5/c1-33-23(31)18-10-11-19-20(17-18)26-24(32)28(22(19)30)16-7-2-4-9-21(29)25-12-8-15-27-13-5-3-6-14-27/h10-11,17,19H,2-9,12-16H2,1H3,(H,25,29). The molecule has 1 unspecified atom stereocenters. The number of nitrogens with one attached hydrogen (secondary N) is 1.